The Kier molecular flexibility index (Phi) is 3.40. The van der Waals surface area contributed by atoms with Crippen LogP contribution in [-0.4, -0.2) is 11.7 Å². The molecule has 0 atom stereocenters. The number of aryl methyl sites for hydroxylation is 1. The molecule has 0 N–H and O–H groups in total. The van der Waals surface area contributed by atoms with Crippen LogP contribution in [0.2, 0.25) is 0 Å². The van der Waals surface area contributed by atoms with Crippen LogP contribution in [0.4, 0.5) is 0 Å². The van der Waals surface area contributed by atoms with E-state index in [9.17, 15) is 0 Å². The van der Waals surface area contributed by atoms with Crippen LogP contribution in [0.1, 0.15) is 11.3 Å². The molecule has 0 radical (unpaired) electrons. The third kappa shape index (κ3) is 2.14. The molecule has 0 saturated carbocycles. The molecule has 3 heteroatoms. The van der Waals surface area contributed by atoms with Crippen LogP contribution in [0.5, 0.6) is 0 Å². The molecule has 0 spiro atoms. The summed E-state index contributed by atoms with van der Waals surface area (Å²) in [5.41, 5.74) is 2.13. The maximum atomic E-state index is 4.17. The molecule has 0 fully saturated rings. The molecule has 0 aromatic carbocycles. The van der Waals surface area contributed by atoms with Crippen LogP contribution in [0.25, 0.3) is 3.58 Å². The minimum Gasteiger partial charge on any atom is -0.271 e. The van der Waals surface area contributed by atoms with E-state index in [0.717, 1.165) is 14.8 Å². The lowest BCUT2D eigenvalue weighted by Crippen LogP contribution is -1.86. The molecule has 12 heavy (non-hydrogen) atoms. The van der Waals surface area contributed by atoms with Crippen molar-refractivity contribution >= 4 is 32.9 Å². The van der Waals surface area contributed by atoms with Gasteiger partial charge in [0.25, 0.3) is 0 Å². The van der Waals surface area contributed by atoms with Gasteiger partial charge in [-0.1, -0.05) is 6.07 Å². The van der Waals surface area contributed by atoms with Gasteiger partial charge in [-0.15, -0.1) is 0 Å². The van der Waals surface area contributed by atoms with Crippen molar-refractivity contribution in [3.63, 3.8) is 0 Å². The maximum absolute atomic E-state index is 4.17. The van der Waals surface area contributed by atoms with Crippen LogP contribution < -0.4 is 0 Å². The average Bonchev–Trinajstić information content (AvgIpc) is 2.05. The third-order valence-corrected chi connectivity index (χ3v) is 2.33. The monoisotopic (exact) mass is 272 g/mol. The first-order valence-electron chi connectivity index (χ1n) is 3.49. The summed E-state index contributed by atoms with van der Waals surface area (Å²) in [6, 6.07) is 3.93. The lowest BCUT2D eigenvalue weighted by Gasteiger charge is -2.00. The third-order valence-electron chi connectivity index (χ3n) is 1.47. The topological polar surface area (TPSA) is 25.2 Å². The quantitative estimate of drug-likeness (QED) is 0.600. The first-order chi connectivity index (χ1) is 5.75. The van der Waals surface area contributed by atoms with E-state index in [1.54, 1.807) is 12.4 Å². The fraction of sp³-hybridized carbons (Fsp3) is 0.111. The largest absolute Gasteiger partial charge is 0.271 e. The molecule has 0 aliphatic rings. The van der Waals surface area contributed by atoms with E-state index >= 15 is 0 Å². The Hall–Kier alpha value is -0.710. The molecule has 0 aliphatic heterocycles. The molecule has 62 valence electrons. The van der Waals surface area contributed by atoms with Crippen molar-refractivity contribution in [2.45, 2.75) is 6.92 Å². The van der Waals surface area contributed by atoms with Gasteiger partial charge in [0.1, 0.15) is 0 Å². The highest BCUT2D eigenvalue weighted by Crippen LogP contribution is 2.23. The molecule has 2 nitrogen and oxygen atoms in total. The molecule has 1 aromatic rings. The van der Waals surface area contributed by atoms with Crippen molar-refractivity contribution in [1.82, 2.24) is 4.98 Å². The van der Waals surface area contributed by atoms with Crippen molar-refractivity contribution in [1.29, 1.82) is 0 Å². The Morgan fingerprint density at radius 3 is 3.08 bits per heavy atom. The Balaban J connectivity index is 3.10. The number of halogens is 1. The van der Waals surface area contributed by atoms with Crippen molar-refractivity contribution in [2.75, 3.05) is 0 Å². The maximum Gasteiger partial charge on any atom is 0.0456 e. The number of pyridine rings is 1. The predicted molar refractivity (Wildman–Crippen MR) is 60.5 cm³/mol. The van der Waals surface area contributed by atoms with Gasteiger partial charge in [-0.05, 0) is 42.3 Å². The summed E-state index contributed by atoms with van der Waals surface area (Å²) in [5.74, 6) is 0. The summed E-state index contributed by atoms with van der Waals surface area (Å²) >= 11 is 2.22. The van der Waals surface area contributed by atoms with E-state index in [0.29, 0.717) is 0 Å². The minimum absolute atomic E-state index is 1.02. The van der Waals surface area contributed by atoms with Gasteiger partial charge < -0.3 is 0 Å². The van der Waals surface area contributed by atoms with Crippen LogP contribution >= 0.6 is 22.6 Å². The highest BCUT2D eigenvalue weighted by atomic mass is 127. The number of hydrogen-bond acceptors (Lipinski definition) is 2. The van der Waals surface area contributed by atoms with Gasteiger partial charge >= 0.3 is 0 Å². The standard InChI is InChI=1S/C9H9IN2/c1-7-8(4-3-5-12-7)9(10)6-11-2/h3-6H,2H2,1H3/b9-6+. The highest BCUT2D eigenvalue weighted by Gasteiger charge is 2.00. The van der Waals surface area contributed by atoms with Gasteiger partial charge in [-0.2, -0.15) is 0 Å². The van der Waals surface area contributed by atoms with Gasteiger partial charge in [0, 0.05) is 27.2 Å². The first kappa shape index (κ1) is 9.38. The molecule has 1 aromatic heterocycles. The number of hydrogen-bond donors (Lipinski definition) is 0. The van der Waals surface area contributed by atoms with Crippen molar-refractivity contribution < 1.29 is 0 Å². The lowest BCUT2D eigenvalue weighted by molar-refractivity contribution is 1.19. The van der Waals surface area contributed by atoms with Crippen molar-refractivity contribution in [3.8, 4) is 0 Å². The summed E-state index contributed by atoms with van der Waals surface area (Å²) in [5, 5.41) is 0. The fourth-order valence-corrected chi connectivity index (χ4v) is 1.65. The smallest absolute Gasteiger partial charge is 0.0456 e. The molecule has 0 aliphatic carbocycles. The van der Waals surface area contributed by atoms with Crippen LogP contribution in [0.3, 0.4) is 0 Å². The fourth-order valence-electron chi connectivity index (χ4n) is 0.886. The summed E-state index contributed by atoms with van der Waals surface area (Å²) in [7, 11) is 0. The van der Waals surface area contributed by atoms with Gasteiger partial charge in [-0.3, -0.25) is 9.98 Å². The molecular weight excluding hydrogens is 263 g/mol. The van der Waals surface area contributed by atoms with E-state index in [4.69, 9.17) is 0 Å². The highest BCUT2D eigenvalue weighted by molar-refractivity contribution is 14.1. The van der Waals surface area contributed by atoms with E-state index in [1.807, 2.05) is 19.1 Å². The lowest BCUT2D eigenvalue weighted by atomic mass is 10.2. The van der Waals surface area contributed by atoms with E-state index in [2.05, 4.69) is 39.3 Å². The summed E-state index contributed by atoms with van der Waals surface area (Å²) in [6.07, 6.45) is 3.51. The van der Waals surface area contributed by atoms with Crippen LogP contribution in [0, 0.1) is 6.92 Å². The average molecular weight is 272 g/mol. The predicted octanol–water partition coefficient (Wildman–Crippen LogP) is 2.82. The summed E-state index contributed by atoms with van der Waals surface area (Å²) in [4.78, 5) is 7.88. The van der Waals surface area contributed by atoms with Crippen LogP contribution in [-0.2, 0) is 0 Å². The normalized spacial score (nSPS) is 11.3. The first-order valence-corrected chi connectivity index (χ1v) is 4.57. The Bertz CT molecular complexity index is 318. The van der Waals surface area contributed by atoms with Crippen molar-refractivity contribution in [3.05, 3.63) is 35.8 Å². The number of aliphatic imine (C=N–C) groups is 1. The number of nitrogens with zero attached hydrogens (tertiary/aromatic N) is 2. The van der Waals surface area contributed by atoms with Crippen molar-refractivity contribution in [2.24, 2.45) is 4.99 Å². The van der Waals surface area contributed by atoms with Gasteiger partial charge in [-0.25, -0.2) is 0 Å². The SMILES string of the molecule is C=N/C=C(/I)c1cccnc1C. The zero-order valence-corrected chi connectivity index (χ0v) is 8.95. The van der Waals surface area contributed by atoms with Gasteiger partial charge in [0.15, 0.2) is 0 Å². The summed E-state index contributed by atoms with van der Waals surface area (Å²) < 4.78 is 1.06. The minimum atomic E-state index is 1.02. The van der Waals surface area contributed by atoms with Gasteiger partial charge in [0.2, 0.25) is 0 Å². The molecule has 0 bridgehead atoms. The molecule has 0 amide bonds. The zero-order valence-electron chi connectivity index (χ0n) is 6.79. The second-order valence-electron chi connectivity index (χ2n) is 2.30. The second kappa shape index (κ2) is 4.35. The molecule has 0 saturated heterocycles. The molecule has 1 rings (SSSR count). The van der Waals surface area contributed by atoms with Gasteiger partial charge in [0.05, 0.1) is 0 Å². The Morgan fingerprint density at radius 2 is 2.50 bits per heavy atom. The molecule has 1 heterocycles. The number of rotatable bonds is 2. The summed E-state index contributed by atoms with van der Waals surface area (Å²) in [6.45, 7) is 5.38. The number of aromatic nitrogens is 1. The van der Waals surface area contributed by atoms with E-state index in [-0.39, 0.29) is 0 Å². The van der Waals surface area contributed by atoms with E-state index in [1.165, 1.54) is 0 Å². The van der Waals surface area contributed by atoms with E-state index < -0.39 is 0 Å². The van der Waals surface area contributed by atoms with Crippen LogP contribution in [0.15, 0.2) is 29.5 Å². The second-order valence-corrected chi connectivity index (χ2v) is 3.46. The Labute approximate surface area is 85.6 Å². The molecular formula is C9H9IN2. The molecule has 0 unspecified atom stereocenters. The zero-order chi connectivity index (χ0) is 8.97. The Morgan fingerprint density at radius 1 is 1.75 bits per heavy atom.